The molecule has 0 atom stereocenters. The molecule has 0 fully saturated rings. The Kier molecular flexibility index (Phi) is 4.44. The molecule has 2 aromatic heterocycles. The fraction of sp³-hybridized carbons (Fsp3) is 0.167. The smallest absolute Gasteiger partial charge is 0.265 e. The summed E-state index contributed by atoms with van der Waals surface area (Å²) in [5.41, 5.74) is 1.45. The summed E-state index contributed by atoms with van der Waals surface area (Å²) in [6.07, 6.45) is 0. The number of ether oxygens (including phenoxy) is 1. The van der Waals surface area contributed by atoms with Crippen molar-refractivity contribution in [3.8, 4) is 16.3 Å². The summed E-state index contributed by atoms with van der Waals surface area (Å²) in [4.78, 5) is 32.7. The number of para-hydroxylation sites is 2. The summed E-state index contributed by atoms with van der Waals surface area (Å²) in [6, 6.07) is 11.2. The van der Waals surface area contributed by atoms with Gasteiger partial charge in [0.2, 0.25) is 5.91 Å². The second-order valence-electron chi connectivity index (χ2n) is 5.73. The molecule has 0 saturated carbocycles. The van der Waals surface area contributed by atoms with Crippen molar-refractivity contribution in [1.29, 1.82) is 0 Å². The largest absolute Gasteiger partial charge is 0.482 e. The molecule has 0 unspecified atom stereocenters. The summed E-state index contributed by atoms with van der Waals surface area (Å²) in [5.74, 6) is 0.0653. The van der Waals surface area contributed by atoms with E-state index in [-0.39, 0.29) is 25.0 Å². The maximum Gasteiger partial charge on any atom is 0.265 e. The number of nitrogens with zero attached hydrogens (tertiary/aromatic N) is 2. The van der Waals surface area contributed by atoms with Crippen molar-refractivity contribution < 1.29 is 14.3 Å². The Balaban J connectivity index is 1.46. The van der Waals surface area contributed by atoms with Crippen LogP contribution in [0.1, 0.15) is 4.88 Å². The summed E-state index contributed by atoms with van der Waals surface area (Å²) in [5, 5.41) is 5.21. The van der Waals surface area contributed by atoms with Crippen LogP contribution in [0.3, 0.4) is 0 Å². The zero-order valence-corrected chi connectivity index (χ0v) is 15.5. The first-order valence-corrected chi connectivity index (χ1v) is 9.64. The quantitative estimate of drug-likeness (QED) is 0.746. The zero-order valence-electron chi connectivity index (χ0n) is 13.9. The SMILES string of the molecule is Cc1ccc(-c2csc(NC(=O)CN3C(=O)COc4ccccc43)n2)s1. The standard InChI is InChI=1S/C18H15N3O3S2/c1-11-6-7-15(26-11)12-10-25-18(19-12)20-16(22)8-21-13-4-2-3-5-14(13)24-9-17(21)23/h2-7,10H,8-9H2,1H3,(H,19,20,22). The molecule has 3 aromatic rings. The van der Waals surface area contributed by atoms with Crippen molar-refractivity contribution in [1.82, 2.24) is 4.98 Å². The molecule has 26 heavy (non-hydrogen) atoms. The molecule has 132 valence electrons. The van der Waals surface area contributed by atoms with Gasteiger partial charge in [0.1, 0.15) is 12.3 Å². The van der Waals surface area contributed by atoms with Crippen LogP contribution in [0, 0.1) is 6.92 Å². The Labute approximate surface area is 158 Å². The fourth-order valence-corrected chi connectivity index (χ4v) is 4.28. The second kappa shape index (κ2) is 6.89. The Hall–Kier alpha value is -2.71. The van der Waals surface area contributed by atoms with Gasteiger partial charge in [-0.3, -0.25) is 14.5 Å². The molecule has 4 rings (SSSR count). The highest BCUT2D eigenvalue weighted by Gasteiger charge is 2.27. The van der Waals surface area contributed by atoms with E-state index in [0.717, 1.165) is 10.6 Å². The zero-order chi connectivity index (χ0) is 18.1. The monoisotopic (exact) mass is 385 g/mol. The first-order chi connectivity index (χ1) is 12.6. The molecule has 1 aliphatic rings. The van der Waals surface area contributed by atoms with Gasteiger partial charge in [0.25, 0.3) is 5.91 Å². The predicted molar refractivity (Wildman–Crippen MR) is 103 cm³/mol. The van der Waals surface area contributed by atoms with E-state index < -0.39 is 0 Å². The van der Waals surface area contributed by atoms with Crippen LogP contribution < -0.4 is 15.0 Å². The number of anilines is 2. The molecule has 2 amide bonds. The molecular formula is C18H15N3O3S2. The molecule has 1 aliphatic heterocycles. The number of rotatable bonds is 4. The number of aryl methyl sites for hydroxylation is 1. The van der Waals surface area contributed by atoms with Crippen LogP contribution in [0.5, 0.6) is 5.75 Å². The molecule has 8 heteroatoms. The molecule has 3 heterocycles. The number of hydrogen-bond donors (Lipinski definition) is 1. The Morgan fingerprint density at radius 1 is 1.31 bits per heavy atom. The van der Waals surface area contributed by atoms with Gasteiger partial charge in [-0.2, -0.15) is 0 Å². The number of nitrogens with one attached hydrogen (secondary N) is 1. The highest BCUT2D eigenvalue weighted by Crippen LogP contribution is 2.32. The first-order valence-electron chi connectivity index (χ1n) is 7.94. The van der Waals surface area contributed by atoms with Gasteiger partial charge in [-0.05, 0) is 31.2 Å². The molecule has 0 radical (unpaired) electrons. The Bertz CT molecular complexity index is 979. The van der Waals surface area contributed by atoms with Crippen LogP contribution in [0.15, 0.2) is 41.8 Å². The van der Waals surface area contributed by atoms with Crippen LogP contribution in [0.25, 0.3) is 10.6 Å². The number of benzene rings is 1. The van der Waals surface area contributed by atoms with E-state index in [1.165, 1.54) is 21.1 Å². The van der Waals surface area contributed by atoms with Crippen LogP contribution >= 0.6 is 22.7 Å². The fourth-order valence-electron chi connectivity index (χ4n) is 2.65. The third-order valence-corrected chi connectivity index (χ3v) is 5.63. The average Bonchev–Trinajstić information content (AvgIpc) is 3.26. The van der Waals surface area contributed by atoms with Crippen molar-refractivity contribution in [2.75, 3.05) is 23.4 Å². The van der Waals surface area contributed by atoms with Crippen molar-refractivity contribution in [2.45, 2.75) is 6.92 Å². The number of amides is 2. The summed E-state index contributed by atoms with van der Waals surface area (Å²) >= 11 is 3.02. The van der Waals surface area contributed by atoms with Gasteiger partial charge in [-0.25, -0.2) is 4.98 Å². The number of hydrogen-bond acceptors (Lipinski definition) is 6. The number of thiophene rings is 1. The maximum atomic E-state index is 12.4. The second-order valence-corrected chi connectivity index (χ2v) is 7.88. The minimum Gasteiger partial charge on any atom is -0.482 e. The van der Waals surface area contributed by atoms with Crippen molar-refractivity contribution in [2.24, 2.45) is 0 Å². The lowest BCUT2D eigenvalue weighted by Crippen LogP contribution is -2.43. The summed E-state index contributed by atoms with van der Waals surface area (Å²) in [6.45, 7) is 1.90. The minimum atomic E-state index is -0.293. The predicted octanol–water partition coefficient (Wildman–Crippen LogP) is 3.54. The van der Waals surface area contributed by atoms with E-state index in [9.17, 15) is 9.59 Å². The van der Waals surface area contributed by atoms with Gasteiger partial charge in [-0.1, -0.05) is 12.1 Å². The molecule has 0 saturated heterocycles. The van der Waals surface area contributed by atoms with Gasteiger partial charge in [0.05, 0.1) is 16.3 Å². The molecule has 0 bridgehead atoms. The molecule has 0 aliphatic carbocycles. The third-order valence-electron chi connectivity index (χ3n) is 3.85. The van der Waals surface area contributed by atoms with E-state index >= 15 is 0 Å². The van der Waals surface area contributed by atoms with E-state index in [1.54, 1.807) is 23.5 Å². The van der Waals surface area contributed by atoms with Crippen molar-refractivity contribution in [3.63, 3.8) is 0 Å². The first kappa shape index (κ1) is 16.7. The van der Waals surface area contributed by atoms with Crippen LogP contribution in [0.2, 0.25) is 0 Å². The molecule has 0 spiro atoms. The van der Waals surface area contributed by atoms with Gasteiger partial charge < -0.3 is 10.1 Å². The lowest BCUT2D eigenvalue weighted by atomic mass is 10.2. The number of carbonyl (C=O) groups excluding carboxylic acids is 2. The lowest BCUT2D eigenvalue weighted by molar-refractivity contribution is -0.123. The lowest BCUT2D eigenvalue weighted by Gasteiger charge is -2.28. The minimum absolute atomic E-state index is 0.0660. The van der Waals surface area contributed by atoms with Crippen LogP contribution in [-0.2, 0) is 9.59 Å². The summed E-state index contributed by atoms with van der Waals surface area (Å²) in [7, 11) is 0. The van der Waals surface area contributed by atoms with Crippen LogP contribution in [0.4, 0.5) is 10.8 Å². The van der Waals surface area contributed by atoms with E-state index in [1.807, 2.05) is 36.6 Å². The molecule has 6 nitrogen and oxygen atoms in total. The topological polar surface area (TPSA) is 71.5 Å². The maximum absolute atomic E-state index is 12.4. The number of aromatic nitrogens is 1. The van der Waals surface area contributed by atoms with E-state index in [0.29, 0.717) is 16.6 Å². The van der Waals surface area contributed by atoms with E-state index in [4.69, 9.17) is 4.74 Å². The van der Waals surface area contributed by atoms with Gasteiger partial charge >= 0.3 is 0 Å². The third kappa shape index (κ3) is 3.33. The Morgan fingerprint density at radius 2 is 2.15 bits per heavy atom. The van der Waals surface area contributed by atoms with E-state index in [2.05, 4.69) is 10.3 Å². The van der Waals surface area contributed by atoms with Gasteiger partial charge in [0.15, 0.2) is 11.7 Å². The number of thiazole rings is 1. The normalized spacial score (nSPS) is 13.3. The average molecular weight is 385 g/mol. The highest BCUT2D eigenvalue weighted by molar-refractivity contribution is 7.17. The highest BCUT2D eigenvalue weighted by atomic mass is 32.1. The number of carbonyl (C=O) groups is 2. The van der Waals surface area contributed by atoms with Crippen molar-refractivity contribution in [3.05, 3.63) is 46.7 Å². The molecule has 1 N–H and O–H groups in total. The summed E-state index contributed by atoms with van der Waals surface area (Å²) < 4.78 is 5.39. The van der Waals surface area contributed by atoms with Gasteiger partial charge in [0, 0.05) is 10.3 Å². The van der Waals surface area contributed by atoms with Gasteiger partial charge in [-0.15, -0.1) is 22.7 Å². The Morgan fingerprint density at radius 3 is 2.96 bits per heavy atom. The van der Waals surface area contributed by atoms with Crippen LogP contribution in [-0.4, -0.2) is 29.9 Å². The molecule has 1 aromatic carbocycles. The van der Waals surface area contributed by atoms with Crippen molar-refractivity contribution >= 4 is 45.3 Å². The molecular weight excluding hydrogens is 370 g/mol. The number of fused-ring (bicyclic) bond motifs is 1.